The Bertz CT molecular complexity index is 783. The first-order chi connectivity index (χ1) is 10.6. The molecule has 22 heavy (non-hydrogen) atoms. The van der Waals surface area contributed by atoms with Gasteiger partial charge in [0.1, 0.15) is 5.71 Å². The molecule has 110 valence electrons. The minimum absolute atomic E-state index is 0.137. The number of halogens is 2. The fourth-order valence-corrected chi connectivity index (χ4v) is 2.63. The van der Waals surface area contributed by atoms with E-state index in [4.69, 9.17) is 28.4 Å². The predicted molar refractivity (Wildman–Crippen MR) is 86.1 cm³/mol. The van der Waals surface area contributed by atoms with Gasteiger partial charge in [0.2, 0.25) is 0 Å². The minimum atomic E-state index is -0.556. The Morgan fingerprint density at radius 3 is 2.27 bits per heavy atom. The van der Waals surface area contributed by atoms with E-state index in [2.05, 4.69) is 10.3 Å². The van der Waals surface area contributed by atoms with Crippen LogP contribution in [0.25, 0.3) is 0 Å². The quantitative estimate of drug-likeness (QED) is 0.674. The van der Waals surface area contributed by atoms with E-state index in [1.807, 2.05) is 6.07 Å². The fourth-order valence-electron chi connectivity index (χ4n) is 2.11. The van der Waals surface area contributed by atoms with Crippen molar-refractivity contribution in [3.05, 3.63) is 64.1 Å². The average molecular weight is 334 g/mol. The highest BCUT2D eigenvalue weighted by Gasteiger charge is 2.34. The summed E-state index contributed by atoms with van der Waals surface area (Å²) in [7, 11) is 0. The molecule has 0 saturated carbocycles. The summed E-state index contributed by atoms with van der Waals surface area (Å²) >= 11 is 11.9. The van der Waals surface area contributed by atoms with Crippen molar-refractivity contribution in [2.75, 3.05) is 5.01 Å². The smallest absolute Gasteiger partial charge is 0.303 e. The monoisotopic (exact) mass is 333 g/mol. The Kier molecular flexibility index (Phi) is 3.83. The number of carbonyl (C=O) groups excluding carboxylic acids is 1. The second-order valence-electron chi connectivity index (χ2n) is 4.51. The third-order valence-corrected chi connectivity index (χ3v) is 3.49. The number of hydrogen-bond donors (Lipinski definition) is 1. The highest BCUT2D eigenvalue weighted by molar-refractivity contribution is 6.74. The van der Waals surface area contributed by atoms with Gasteiger partial charge in [0.25, 0.3) is 0 Å². The molecule has 0 saturated heterocycles. The van der Waals surface area contributed by atoms with E-state index >= 15 is 0 Å². The number of benzene rings is 2. The van der Waals surface area contributed by atoms with Gasteiger partial charge in [-0.1, -0.05) is 58.7 Å². The molecule has 1 aliphatic rings. The van der Waals surface area contributed by atoms with Gasteiger partial charge in [-0.05, 0) is 18.2 Å². The van der Waals surface area contributed by atoms with Gasteiger partial charge in [0.05, 0.1) is 5.69 Å². The molecule has 1 N–H and O–H groups in total. The van der Waals surface area contributed by atoms with Crippen LogP contribution < -0.4 is 5.01 Å². The molecule has 1 heterocycles. The molecule has 0 bridgehead atoms. The number of amides is 1. The van der Waals surface area contributed by atoms with E-state index in [-0.39, 0.29) is 11.4 Å². The lowest BCUT2D eigenvalue weighted by atomic mass is 10.1. The summed E-state index contributed by atoms with van der Waals surface area (Å²) < 4.78 is 0. The number of hydrogen-bond acceptors (Lipinski definition) is 4. The van der Waals surface area contributed by atoms with Gasteiger partial charge in [-0.3, -0.25) is 4.79 Å². The standard InChI is InChI=1S/C15H9Cl2N3O2/c16-10-6-11(17)8-12(7-10)20-15(21)14(19-22)13(18-20)9-4-2-1-3-5-9/h1-8,22H. The van der Waals surface area contributed by atoms with Crippen LogP contribution >= 0.6 is 23.2 Å². The van der Waals surface area contributed by atoms with Crippen molar-refractivity contribution in [1.82, 2.24) is 0 Å². The molecule has 0 fully saturated rings. The third-order valence-electron chi connectivity index (χ3n) is 3.06. The Labute approximate surface area is 136 Å². The van der Waals surface area contributed by atoms with Crippen molar-refractivity contribution in [2.45, 2.75) is 0 Å². The Morgan fingerprint density at radius 2 is 1.68 bits per heavy atom. The van der Waals surface area contributed by atoms with Gasteiger partial charge < -0.3 is 5.21 Å². The maximum atomic E-state index is 12.4. The Balaban J connectivity index is 2.10. The molecule has 0 atom stereocenters. The van der Waals surface area contributed by atoms with Gasteiger partial charge in [0.15, 0.2) is 5.71 Å². The maximum absolute atomic E-state index is 12.4. The lowest BCUT2D eigenvalue weighted by molar-refractivity contribution is -0.112. The van der Waals surface area contributed by atoms with Crippen LogP contribution in [0.3, 0.4) is 0 Å². The summed E-state index contributed by atoms with van der Waals surface area (Å²) in [5.74, 6) is -0.556. The summed E-state index contributed by atoms with van der Waals surface area (Å²) in [5.41, 5.74) is 1.21. The average Bonchev–Trinajstić information content (AvgIpc) is 2.84. The molecular formula is C15H9Cl2N3O2. The normalized spacial score (nSPS) is 16.3. The van der Waals surface area contributed by atoms with E-state index < -0.39 is 5.91 Å². The second-order valence-corrected chi connectivity index (χ2v) is 5.38. The zero-order valence-corrected chi connectivity index (χ0v) is 12.6. The molecule has 3 rings (SSSR count). The largest absolute Gasteiger partial charge is 0.410 e. The minimum Gasteiger partial charge on any atom is -0.410 e. The molecule has 0 radical (unpaired) electrons. The van der Waals surface area contributed by atoms with Crippen molar-refractivity contribution in [1.29, 1.82) is 0 Å². The molecule has 0 aliphatic carbocycles. The molecule has 1 aliphatic heterocycles. The molecular weight excluding hydrogens is 325 g/mol. The van der Waals surface area contributed by atoms with E-state index in [9.17, 15) is 4.79 Å². The summed E-state index contributed by atoms with van der Waals surface area (Å²) in [5, 5.41) is 18.3. The summed E-state index contributed by atoms with van der Waals surface area (Å²) in [4.78, 5) is 12.4. The maximum Gasteiger partial charge on any atom is 0.303 e. The van der Waals surface area contributed by atoms with E-state index in [1.165, 1.54) is 0 Å². The van der Waals surface area contributed by atoms with Crippen LogP contribution in [0, 0.1) is 0 Å². The van der Waals surface area contributed by atoms with Crippen LogP contribution in [-0.4, -0.2) is 22.5 Å². The molecule has 0 spiro atoms. The highest BCUT2D eigenvalue weighted by Crippen LogP contribution is 2.28. The van der Waals surface area contributed by atoms with Crippen molar-refractivity contribution in [3.63, 3.8) is 0 Å². The zero-order valence-electron chi connectivity index (χ0n) is 11.1. The van der Waals surface area contributed by atoms with E-state index in [1.54, 1.807) is 42.5 Å². The van der Waals surface area contributed by atoms with Crippen LogP contribution in [0.5, 0.6) is 0 Å². The van der Waals surface area contributed by atoms with Gasteiger partial charge >= 0.3 is 5.91 Å². The molecule has 7 heteroatoms. The Morgan fingerprint density at radius 1 is 1.05 bits per heavy atom. The van der Waals surface area contributed by atoms with Crippen LogP contribution in [0.1, 0.15) is 5.56 Å². The van der Waals surface area contributed by atoms with Crippen LogP contribution in [0.2, 0.25) is 10.0 Å². The number of anilines is 1. The molecule has 0 aromatic heterocycles. The number of hydrazone groups is 1. The second kappa shape index (κ2) is 5.79. The van der Waals surface area contributed by atoms with Crippen molar-refractivity contribution in [2.24, 2.45) is 10.3 Å². The lowest BCUT2D eigenvalue weighted by Gasteiger charge is -2.11. The van der Waals surface area contributed by atoms with Crippen LogP contribution in [0.4, 0.5) is 5.69 Å². The fraction of sp³-hybridized carbons (Fsp3) is 0. The SMILES string of the molecule is O=C1C(=NO)C(c2ccccc2)=NN1c1cc(Cl)cc(Cl)c1. The number of nitrogens with zero attached hydrogens (tertiary/aromatic N) is 3. The zero-order chi connectivity index (χ0) is 15.7. The van der Waals surface area contributed by atoms with Gasteiger partial charge in [-0.2, -0.15) is 10.1 Å². The highest BCUT2D eigenvalue weighted by atomic mass is 35.5. The number of rotatable bonds is 2. The van der Waals surface area contributed by atoms with Crippen molar-refractivity contribution in [3.8, 4) is 0 Å². The lowest BCUT2D eigenvalue weighted by Crippen LogP contribution is -2.27. The van der Waals surface area contributed by atoms with Crippen molar-refractivity contribution < 1.29 is 10.0 Å². The van der Waals surface area contributed by atoms with Gasteiger partial charge in [-0.25, -0.2) is 0 Å². The predicted octanol–water partition coefficient (Wildman–Crippen LogP) is 3.57. The molecule has 1 amide bonds. The first kappa shape index (κ1) is 14.6. The molecule has 2 aromatic carbocycles. The van der Waals surface area contributed by atoms with E-state index in [0.717, 1.165) is 5.01 Å². The molecule has 0 unspecified atom stereocenters. The van der Waals surface area contributed by atoms with Gasteiger partial charge in [0, 0.05) is 15.6 Å². The third kappa shape index (κ3) is 2.56. The summed E-state index contributed by atoms with van der Waals surface area (Å²) in [6, 6.07) is 13.6. The van der Waals surface area contributed by atoms with Crippen molar-refractivity contribution >= 4 is 46.2 Å². The number of carbonyl (C=O) groups is 1. The first-order valence-electron chi connectivity index (χ1n) is 6.27. The van der Waals surface area contributed by atoms with Crippen LogP contribution in [0.15, 0.2) is 58.8 Å². The topological polar surface area (TPSA) is 65.3 Å². The van der Waals surface area contributed by atoms with E-state index in [0.29, 0.717) is 21.3 Å². The van der Waals surface area contributed by atoms with Crippen LogP contribution in [-0.2, 0) is 4.79 Å². The molecule has 2 aromatic rings. The summed E-state index contributed by atoms with van der Waals surface area (Å²) in [6.07, 6.45) is 0. The molecule has 5 nitrogen and oxygen atoms in total. The van der Waals surface area contributed by atoms with Gasteiger partial charge in [-0.15, -0.1) is 0 Å². The first-order valence-corrected chi connectivity index (χ1v) is 7.03. The Hall–Kier alpha value is -2.37. The summed E-state index contributed by atoms with van der Waals surface area (Å²) in [6.45, 7) is 0. The number of oxime groups is 1.